The lowest BCUT2D eigenvalue weighted by Crippen LogP contribution is -2.04. The molecule has 0 aliphatic carbocycles. The summed E-state index contributed by atoms with van der Waals surface area (Å²) in [6.07, 6.45) is 4.57. The molecule has 0 saturated carbocycles. The number of aromatic nitrogens is 4. The molecule has 8 heteroatoms. The third-order valence-corrected chi connectivity index (χ3v) is 2.63. The van der Waals surface area contributed by atoms with Crippen LogP contribution in [0.25, 0.3) is 16.7 Å². The summed E-state index contributed by atoms with van der Waals surface area (Å²) < 4.78 is 1.39. The molecule has 8 nitrogen and oxygen atoms in total. The van der Waals surface area contributed by atoms with Gasteiger partial charge in [-0.05, 0) is 0 Å². The molecule has 94 valence electrons. The first kappa shape index (κ1) is 11.1. The Morgan fingerprint density at radius 1 is 1.26 bits per heavy atom. The number of fused-ring (bicyclic) bond motifs is 1. The van der Waals surface area contributed by atoms with E-state index in [4.69, 9.17) is 5.73 Å². The highest BCUT2D eigenvalue weighted by Crippen LogP contribution is 2.25. The van der Waals surface area contributed by atoms with Gasteiger partial charge in [-0.1, -0.05) is 12.1 Å². The zero-order valence-electron chi connectivity index (χ0n) is 9.59. The second-order valence-electron chi connectivity index (χ2n) is 3.81. The van der Waals surface area contributed by atoms with Crippen LogP contribution in [0.5, 0.6) is 0 Å². The molecular formula is C11H8N6O2. The van der Waals surface area contributed by atoms with Gasteiger partial charge in [-0.25, -0.2) is 14.6 Å². The molecular weight excluding hydrogens is 248 g/mol. The second-order valence-corrected chi connectivity index (χ2v) is 3.81. The fourth-order valence-corrected chi connectivity index (χ4v) is 1.80. The van der Waals surface area contributed by atoms with Crippen LogP contribution in [0.15, 0.2) is 36.8 Å². The first-order valence-electron chi connectivity index (χ1n) is 5.36. The summed E-state index contributed by atoms with van der Waals surface area (Å²) in [6.45, 7) is 0. The standard InChI is InChI=1S/C11H8N6O2/c12-10-11(14-5-4-13-10)16-6-7-2-1-3-8(17(18)19)9(7)15-16/h1-6H,(H2,12,13). The fourth-order valence-electron chi connectivity index (χ4n) is 1.80. The average Bonchev–Trinajstić information content (AvgIpc) is 2.82. The van der Waals surface area contributed by atoms with Crippen molar-refractivity contribution in [3.05, 3.63) is 46.9 Å². The van der Waals surface area contributed by atoms with Crippen molar-refractivity contribution in [1.29, 1.82) is 0 Å². The number of benzene rings is 1. The van der Waals surface area contributed by atoms with E-state index in [9.17, 15) is 10.1 Å². The lowest BCUT2D eigenvalue weighted by atomic mass is 10.2. The number of nitrogen functional groups attached to an aromatic ring is 1. The van der Waals surface area contributed by atoms with Crippen LogP contribution < -0.4 is 5.73 Å². The first-order valence-corrected chi connectivity index (χ1v) is 5.36. The van der Waals surface area contributed by atoms with E-state index in [0.29, 0.717) is 11.2 Å². The molecule has 0 radical (unpaired) electrons. The largest absolute Gasteiger partial charge is 0.381 e. The number of nitrogens with two attached hydrogens (primary N) is 1. The maximum atomic E-state index is 10.9. The minimum absolute atomic E-state index is 0.0567. The SMILES string of the molecule is Nc1nccnc1-n1cc2cccc([N+](=O)[O-])c2n1. The summed E-state index contributed by atoms with van der Waals surface area (Å²) in [7, 11) is 0. The van der Waals surface area contributed by atoms with Crippen LogP contribution in [0.3, 0.4) is 0 Å². The van der Waals surface area contributed by atoms with Gasteiger partial charge in [0.25, 0.3) is 5.69 Å². The third kappa shape index (κ3) is 1.75. The number of hydrogen-bond donors (Lipinski definition) is 1. The smallest absolute Gasteiger partial charge is 0.297 e. The molecule has 1 aromatic carbocycles. The molecule has 0 bridgehead atoms. The van der Waals surface area contributed by atoms with Crippen LogP contribution in [0.4, 0.5) is 11.5 Å². The van der Waals surface area contributed by atoms with Gasteiger partial charge in [-0.3, -0.25) is 10.1 Å². The van der Waals surface area contributed by atoms with E-state index in [1.165, 1.54) is 23.1 Å². The van der Waals surface area contributed by atoms with Crippen molar-refractivity contribution in [2.45, 2.75) is 0 Å². The summed E-state index contributed by atoms with van der Waals surface area (Å²) in [5, 5.41) is 15.7. The summed E-state index contributed by atoms with van der Waals surface area (Å²) in [4.78, 5) is 18.4. The van der Waals surface area contributed by atoms with Gasteiger partial charge in [0.1, 0.15) is 0 Å². The maximum Gasteiger partial charge on any atom is 0.297 e. The van der Waals surface area contributed by atoms with Crippen molar-refractivity contribution in [1.82, 2.24) is 19.7 Å². The number of nitro benzene ring substituents is 1. The number of hydrogen-bond acceptors (Lipinski definition) is 6. The van der Waals surface area contributed by atoms with Gasteiger partial charge in [-0.2, -0.15) is 5.10 Å². The average molecular weight is 256 g/mol. The Morgan fingerprint density at radius 2 is 2.05 bits per heavy atom. The predicted octanol–water partition coefficient (Wildman–Crippen LogP) is 1.31. The van der Waals surface area contributed by atoms with Gasteiger partial charge in [0, 0.05) is 30.0 Å². The molecule has 2 N–H and O–H groups in total. The molecule has 0 amide bonds. The van der Waals surface area contributed by atoms with Crippen molar-refractivity contribution in [3.63, 3.8) is 0 Å². The van der Waals surface area contributed by atoms with Crippen molar-refractivity contribution >= 4 is 22.4 Å². The molecule has 3 aromatic rings. The predicted molar refractivity (Wildman–Crippen MR) is 67.7 cm³/mol. The maximum absolute atomic E-state index is 10.9. The minimum Gasteiger partial charge on any atom is -0.381 e. The Morgan fingerprint density at radius 3 is 2.79 bits per heavy atom. The molecule has 19 heavy (non-hydrogen) atoms. The monoisotopic (exact) mass is 256 g/mol. The van der Waals surface area contributed by atoms with Crippen molar-refractivity contribution in [2.24, 2.45) is 0 Å². The molecule has 0 saturated heterocycles. The normalized spacial score (nSPS) is 10.7. The Labute approximate surface area is 106 Å². The van der Waals surface area contributed by atoms with Gasteiger partial charge >= 0.3 is 0 Å². The summed E-state index contributed by atoms with van der Waals surface area (Å²) in [6, 6.07) is 4.74. The van der Waals surface area contributed by atoms with Crippen LogP contribution in [0, 0.1) is 10.1 Å². The van der Waals surface area contributed by atoms with Crippen molar-refractivity contribution in [3.8, 4) is 5.82 Å². The minimum atomic E-state index is -0.473. The van der Waals surface area contributed by atoms with Crippen molar-refractivity contribution in [2.75, 3.05) is 5.73 Å². The number of non-ortho nitro benzene ring substituents is 1. The number of nitro groups is 1. The highest BCUT2D eigenvalue weighted by atomic mass is 16.6. The van der Waals surface area contributed by atoms with Crippen LogP contribution in [0.2, 0.25) is 0 Å². The Balaban J connectivity index is 2.26. The highest BCUT2D eigenvalue weighted by molar-refractivity contribution is 5.87. The van der Waals surface area contributed by atoms with Gasteiger partial charge in [0.05, 0.1) is 4.92 Å². The summed E-state index contributed by atoms with van der Waals surface area (Å²) in [5.41, 5.74) is 5.94. The first-order chi connectivity index (χ1) is 9.16. The van der Waals surface area contributed by atoms with Gasteiger partial charge in [-0.15, -0.1) is 0 Å². The zero-order valence-corrected chi connectivity index (χ0v) is 9.59. The molecule has 0 unspecified atom stereocenters. The molecule has 0 aliphatic heterocycles. The second kappa shape index (κ2) is 4.02. The molecule has 3 rings (SSSR count). The van der Waals surface area contributed by atoms with E-state index in [2.05, 4.69) is 15.1 Å². The summed E-state index contributed by atoms with van der Waals surface area (Å²) >= 11 is 0. The van der Waals surface area contributed by atoms with Crippen LogP contribution >= 0.6 is 0 Å². The van der Waals surface area contributed by atoms with Crippen LogP contribution in [0.1, 0.15) is 0 Å². The number of nitrogens with zero attached hydrogens (tertiary/aromatic N) is 5. The quantitative estimate of drug-likeness (QED) is 0.546. The fraction of sp³-hybridized carbons (Fsp3) is 0. The molecule has 0 spiro atoms. The van der Waals surface area contributed by atoms with Gasteiger partial charge < -0.3 is 5.73 Å². The number of rotatable bonds is 2. The molecule has 0 atom stereocenters. The van der Waals surface area contributed by atoms with E-state index in [1.807, 2.05) is 0 Å². The molecule has 2 aromatic heterocycles. The topological polar surface area (TPSA) is 113 Å². The molecule has 0 fully saturated rings. The van der Waals surface area contributed by atoms with Crippen LogP contribution in [-0.2, 0) is 0 Å². The Kier molecular flexibility index (Phi) is 2.34. The lowest BCUT2D eigenvalue weighted by molar-refractivity contribution is -0.383. The van der Waals surface area contributed by atoms with E-state index in [0.717, 1.165) is 0 Å². The third-order valence-electron chi connectivity index (χ3n) is 2.63. The van der Waals surface area contributed by atoms with Crippen LogP contribution in [-0.4, -0.2) is 24.7 Å². The van der Waals surface area contributed by atoms with Gasteiger partial charge in [0.15, 0.2) is 17.2 Å². The number of anilines is 1. The molecule has 2 heterocycles. The zero-order chi connectivity index (χ0) is 13.4. The van der Waals surface area contributed by atoms with Gasteiger partial charge in [0.2, 0.25) is 0 Å². The van der Waals surface area contributed by atoms with E-state index in [-0.39, 0.29) is 17.0 Å². The van der Waals surface area contributed by atoms with E-state index < -0.39 is 4.92 Å². The lowest BCUT2D eigenvalue weighted by Gasteiger charge is -2.01. The summed E-state index contributed by atoms with van der Waals surface area (Å²) in [5.74, 6) is 0.547. The molecule has 0 aliphatic rings. The Bertz CT molecular complexity index is 782. The van der Waals surface area contributed by atoms with E-state index >= 15 is 0 Å². The van der Waals surface area contributed by atoms with Crippen molar-refractivity contribution < 1.29 is 4.92 Å². The Hall–Kier alpha value is -3.03. The highest BCUT2D eigenvalue weighted by Gasteiger charge is 2.16. The van der Waals surface area contributed by atoms with E-state index in [1.54, 1.807) is 18.3 Å².